The van der Waals surface area contributed by atoms with E-state index in [-0.39, 0.29) is 5.91 Å². The van der Waals surface area contributed by atoms with Gasteiger partial charge in [0.15, 0.2) is 0 Å². The molecule has 0 saturated heterocycles. The Morgan fingerprint density at radius 3 is 2.83 bits per heavy atom. The monoisotopic (exact) mass is 306 g/mol. The fraction of sp³-hybridized carbons (Fsp3) is 0.429. The van der Waals surface area contributed by atoms with E-state index in [0.29, 0.717) is 24.6 Å². The Morgan fingerprint density at radius 1 is 1.56 bits per heavy atom. The van der Waals surface area contributed by atoms with E-state index in [4.69, 9.17) is 5.26 Å². The number of nitrogens with zero attached hydrogens (tertiary/aromatic N) is 2. The van der Waals surface area contributed by atoms with Gasteiger partial charge in [-0.3, -0.25) is 4.79 Å². The zero-order valence-corrected chi connectivity index (χ0v) is 11.9. The molecule has 1 amide bonds. The molecular formula is C14H15BrN2O. The Morgan fingerprint density at radius 2 is 2.28 bits per heavy atom. The molecule has 18 heavy (non-hydrogen) atoms. The summed E-state index contributed by atoms with van der Waals surface area (Å²) >= 11 is 3.44. The van der Waals surface area contributed by atoms with E-state index in [9.17, 15) is 4.79 Å². The van der Waals surface area contributed by atoms with E-state index in [2.05, 4.69) is 22.0 Å². The molecule has 0 spiro atoms. The van der Waals surface area contributed by atoms with E-state index in [0.717, 1.165) is 22.9 Å². The minimum Gasteiger partial charge on any atom is -0.335 e. The minimum atomic E-state index is 0.0274. The van der Waals surface area contributed by atoms with Gasteiger partial charge in [-0.05, 0) is 53.4 Å². The molecule has 1 aromatic carbocycles. The van der Waals surface area contributed by atoms with Crippen molar-refractivity contribution in [3.8, 4) is 6.07 Å². The normalized spacial score (nSPS) is 14.1. The van der Waals surface area contributed by atoms with E-state index in [1.165, 1.54) is 0 Å². The number of halogens is 1. The second kappa shape index (κ2) is 5.53. The number of nitriles is 1. The topological polar surface area (TPSA) is 44.1 Å². The lowest BCUT2D eigenvalue weighted by atomic mass is 10.1. The fourth-order valence-electron chi connectivity index (χ4n) is 1.95. The number of benzene rings is 1. The molecule has 1 fully saturated rings. The van der Waals surface area contributed by atoms with Crippen molar-refractivity contribution in [2.75, 3.05) is 6.54 Å². The van der Waals surface area contributed by atoms with Gasteiger partial charge in [-0.15, -0.1) is 0 Å². The molecule has 1 aliphatic carbocycles. The third kappa shape index (κ3) is 2.91. The maximum atomic E-state index is 12.5. The molecule has 2 rings (SSSR count). The van der Waals surface area contributed by atoms with Gasteiger partial charge in [0.05, 0.1) is 18.1 Å². The molecule has 0 atom stereocenters. The standard InChI is InChI=1S/C14H15BrN2O/c1-10-3-6-12(13(15)9-10)14(18)17(8-2-7-16)11-4-5-11/h3,6,9,11H,2,4-5,8H2,1H3. The van der Waals surface area contributed by atoms with E-state index in [1.54, 1.807) is 0 Å². The molecule has 1 saturated carbocycles. The summed E-state index contributed by atoms with van der Waals surface area (Å²) in [7, 11) is 0. The molecule has 0 heterocycles. The first-order valence-electron chi connectivity index (χ1n) is 6.07. The highest BCUT2D eigenvalue weighted by Crippen LogP contribution is 2.30. The zero-order valence-electron chi connectivity index (χ0n) is 10.3. The lowest BCUT2D eigenvalue weighted by molar-refractivity contribution is 0.0746. The Bertz CT molecular complexity index is 503. The average Bonchev–Trinajstić information content (AvgIpc) is 3.13. The predicted molar refractivity (Wildman–Crippen MR) is 73.2 cm³/mol. The molecule has 4 heteroatoms. The number of aryl methyl sites for hydroxylation is 1. The van der Waals surface area contributed by atoms with Crippen molar-refractivity contribution in [3.05, 3.63) is 33.8 Å². The molecule has 94 valence electrons. The van der Waals surface area contributed by atoms with Crippen molar-refractivity contribution < 1.29 is 4.79 Å². The van der Waals surface area contributed by atoms with Crippen LogP contribution in [-0.4, -0.2) is 23.4 Å². The van der Waals surface area contributed by atoms with Gasteiger partial charge in [0.1, 0.15) is 0 Å². The summed E-state index contributed by atoms with van der Waals surface area (Å²) in [6.07, 6.45) is 2.51. The van der Waals surface area contributed by atoms with Gasteiger partial charge in [-0.25, -0.2) is 0 Å². The first-order valence-corrected chi connectivity index (χ1v) is 6.87. The number of rotatable bonds is 4. The number of hydrogen-bond acceptors (Lipinski definition) is 2. The summed E-state index contributed by atoms with van der Waals surface area (Å²) in [6.45, 7) is 2.52. The van der Waals surface area contributed by atoms with Crippen LogP contribution in [0.2, 0.25) is 0 Å². The number of amides is 1. The molecule has 0 unspecified atom stereocenters. The molecule has 0 aliphatic heterocycles. The molecule has 1 aliphatic rings. The van der Waals surface area contributed by atoms with Crippen molar-refractivity contribution >= 4 is 21.8 Å². The first-order chi connectivity index (χ1) is 8.63. The third-order valence-corrected chi connectivity index (χ3v) is 3.72. The molecule has 0 N–H and O–H groups in total. The summed E-state index contributed by atoms with van der Waals surface area (Å²) in [5, 5.41) is 8.66. The second-order valence-electron chi connectivity index (χ2n) is 4.62. The van der Waals surface area contributed by atoms with Gasteiger partial charge in [-0.1, -0.05) is 6.07 Å². The minimum absolute atomic E-state index is 0.0274. The highest BCUT2D eigenvalue weighted by molar-refractivity contribution is 9.10. The van der Waals surface area contributed by atoms with Crippen LogP contribution in [0.4, 0.5) is 0 Å². The van der Waals surface area contributed by atoms with Crippen LogP contribution in [-0.2, 0) is 0 Å². The van der Waals surface area contributed by atoms with Crippen molar-refractivity contribution in [2.24, 2.45) is 0 Å². The van der Waals surface area contributed by atoms with E-state index >= 15 is 0 Å². The van der Waals surface area contributed by atoms with Crippen molar-refractivity contribution in [2.45, 2.75) is 32.2 Å². The van der Waals surface area contributed by atoms with Crippen LogP contribution in [0.5, 0.6) is 0 Å². The molecule has 0 radical (unpaired) electrons. The summed E-state index contributed by atoms with van der Waals surface area (Å²) in [4.78, 5) is 14.3. The van der Waals surface area contributed by atoms with Crippen LogP contribution >= 0.6 is 15.9 Å². The summed E-state index contributed by atoms with van der Waals surface area (Å²) in [5.41, 5.74) is 1.80. The Hall–Kier alpha value is -1.34. The van der Waals surface area contributed by atoms with E-state index < -0.39 is 0 Å². The molecule has 3 nitrogen and oxygen atoms in total. The van der Waals surface area contributed by atoms with Crippen molar-refractivity contribution in [1.29, 1.82) is 5.26 Å². The summed E-state index contributed by atoms with van der Waals surface area (Å²) < 4.78 is 0.829. The van der Waals surface area contributed by atoms with Gasteiger partial charge < -0.3 is 4.90 Å². The molecule has 0 bridgehead atoms. The fourth-order valence-corrected chi connectivity index (χ4v) is 2.62. The van der Waals surface area contributed by atoms with Crippen LogP contribution < -0.4 is 0 Å². The smallest absolute Gasteiger partial charge is 0.255 e. The highest BCUT2D eigenvalue weighted by Gasteiger charge is 2.33. The van der Waals surface area contributed by atoms with Crippen LogP contribution in [0.3, 0.4) is 0 Å². The van der Waals surface area contributed by atoms with Gasteiger partial charge in [0.2, 0.25) is 0 Å². The number of carbonyl (C=O) groups excluding carboxylic acids is 1. The number of hydrogen-bond donors (Lipinski definition) is 0. The van der Waals surface area contributed by atoms with Crippen LogP contribution in [0.25, 0.3) is 0 Å². The second-order valence-corrected chi connectivity index (χ2v) is 5.48. The first kappa shape index (κ1) is 13.1. The largest absolute Gasteiger partial charge is 0.335 e. The average molecular weight is 307 g/mol. The number of carbonyl (C=O) groups is 1. The molecule has 1 aromatic rings. The molecular weight excluding hydrogens is 292 g/mol. The van der Waals surface area contributed by atoms with Gasteiger partial charge >= 0.3 is 0 Å². The highest BCUT2D eigenvalue weighted by atomic mass is 79.9. The Kier molecular flexibility index (Phi) is 4.03. The predicted octanol–water partition coefficient (Wildman–Crippen LogP) is 3.28. The Balaban J connectivity index is 2.19. The summed E-state index contributed by atoms with van der Waals surface area (Å²) in [6, 6.07) is 8.17. The van der Waals surface area contributed by atoms with E-state index in [1.807, 2.05) is 30.0 Å². The van der Waals surface area contributed by atoms with Crippen molar-refractivity contribution in [3.63, 3.8) is 0 Å². The van der Waals surface area contributed by atoms with Gasteiger partial charge in [0, 0.05) is 17.1 Å². The third-order valence-electron chi connectivity index (χ3n) is 3.07. The van der Waals surface area contributed by atoms with Gasteiger partial charge in [0.25, 0.3) is 5.91 Å². The molecule has 0 aromatic heterocycles. The van der Waals surface area contributed by atoms with Crippen molar-refractivity contribution in [1.82, 2.24) is 4.90 Å². The van der Waals surface area contributed by atoms with Crippen LogP contribution in [0.15, 0.2) is 22.7 Å². The SMILES string of the molecule is Cc1ccc(C(=O)N(CCC#N)C2CC2)c(Br)c1. The Labute approximate surface area is 116 Å². The quantitative estimate of drug-likeness (QED) is 0.857. The van der Waals surface area contributed by atoms with Crippen LogP contribution in [0, 0.1) is 18.3 Å². The maximum absolute atomic E-state index is 12.5. The maximum Gasteiger partial charge on any atom is 0.255 e. The lowest BCUT2D eigenvalue weighted by Gasteiger charge is -2.22. The van der Waals surface area contributed by atoms with Gasteiger partial charge in [-0.2, -0.15) is 5.26 Å². The zero-order chi connectivity index (χ0) is 13.1. The van der Waals surface area contributed by atoms with Crippen LogP contribution in [0.1, 0.15) is 35.2 Å². The lowest BCUT2D eigenvalue weighted by Crippen LogP contribution is -2.34. The summed E-state index contributed by atoms with van der Waals surface area (Å²) in [5.74, 6) is 0.0274.